The summed E-state index contributed by atoms with van der Waals surface area (Å²) >= 11 is 6.23. The highest BCUT2D eigenvalue weighted by Gasteiger charge is 2.50. The average molecular weight is 267 g/mol. The van der Waals surface area contributed by atoms with Gasteiger partial charge in [0, 0.05) is 5.02 Å². The summed E-state index contributed by atoms with van der Waals surface area (Å²) in [5, 5.41) is -0.878. The van der Waals surface area contributed by atoms with E-state index >= 15 is 0 Å². The number of hydrogen-bond acceptors (Lipinski definition) is 2. The molecule has 0 aromatic heterocycles. The molecule has 0 amide bonds. The highest BCUT2D eigenvalue weighted by atomic mass is 35.5. The summed E-state index contributed by atoms with van der Waals surface area (Å²) in [6.07, 6.45) is 1.72. The molecule has 0 bridgehead atoms. The van der Waals surface area contributed by atoms with Crippen LogP contribution in [0.5, 0.6) is 0 Å². The molecule has 1 fully saturated rings. The van der Waals surface area contributed by atoms with Crippen molar-refractivity contribution >= 4 is 41.1 Å². The third-order valence-electron chi connectivity index (χ3n) is 3.85. The third-order valence-corrected chi connectivity index (χ3v) is 4.18. The van der Waals surface area contributed by atoms with Gasteiger partial charge in [0.25, 0.3) is 0 Å². The first-order valence-corrected chi connectivity index (χ1v) is 6.56. The fourth-order valence-electron chi connectivity index (χ4n) is 2.83. The third kappa shape index (κ3) is 2.27. The Bertz CT molecular complexity index is 506. The largest absolute Gasteiger partial charge is 0.342 e. The van der Waals surface area contributed by atoms with Crippen molar-refractivity contribution in [1.29, 1.82) is 0 Å². The number of hydrogen-bond donors (Lipinski definition) is 0. The van der Waals surface area contributed by atoms with E-state index in [-0.39, 0.29) is 5.78 Å². The van der Waals surface area contributed by atoms with Gasteiger partial charge in [0.1, 0.15) is 5.78 Å². The molecule has 92 valence electrons. The van der Waals surface area contributed by atoms with Crippen LogP contribution in [0.4, 0.5) is 0 Å². The number of likely N-dealkylation sites (N-methyl/N-ethyl adjacent to an activating group) is 1. The second-order valence-corrected chi connectivity index (χ2v) is 5.58. The van der Waals surface area contributed by atoms with Gasteiger partial charge in [-0.3, -0.25) is 4.79 Å². The Hall–Kier alpha value is -0.665. The first-order chi connectivity index (χ1) is 8.82. The summed E-state index contributed by atoms with van der Waals surface area (Å²) in [5.41, 5.74) is -0.397. The Morgan fingerprint density at radius 1 is 1.26 bits per heavy atom. The molecule has 1 atom stereocenters. The standard InChI is InChI=1S/C13H13B3ClNO/c1-18(16)12(9-5-2-3-6-10(9)17)7-4-8-13(14,15)11(12)19/h2-3,5-6H,4,7-8H2,1H3/t12-/m1/s1. The molecule has 1 aromatic carbocycles. The minimum Gasteiger partial charge on any atom is -0.342 e. The van der Waals surface area contributed by atoms with E-state index in [9.17, 15) is 4.79 Å². The van der Waals surface area contributed by atoms with Crippen molar-refractivity contribution in [3.8, 4) is 0 Å². The number of nitrogens with zero attached hydrogens (tertiary/aromatic N) is 1. The van der Waals surface area contributed by atoms with Gasteiger partial charge in [0.2, 0.25) is 0 Å². The quantitative estimate of drug-likeness (QED) is 0.761. The maximum Gasteiger partial charge on any atom is 0.183 e. The van der Waals surface area contributed by atoms with Crippen LogP contribution in [0.25, 0.3) is 0 Å². The topological polar surface area (TPSA) is 20.3 Å². The molecule has 2 nitrogen and oxygen atoms in total. The van der Waals surface area contributed by atoms with Crippen molar-refractivity contribution in [1.82, 2.24) is 4.81 Å². The Labute approximate surface area is 123 Å². The zero-order valence-electron chi connectivity index (χ0n) is 10.9. The molecule has 19 heavy (non-hydrogen) atoms. The highest BCUT2D eigenvalue weighted by Crippen LogP contribution is 2.48. The van der Waals surface area contributed by atoms with E-state index in [2.05, 4.69) is 0 Å². The molecular weight excluding hydrogens is 254 g/mol. The van der Waals surface area contributed by atoms with Crippen molar-refractivity contribution in [2.45, 2.75) is 30.0 Å². The number of halogens is 1. The molecule has 0 spiro atoms. The number of carbonyl (C=O) groups is 1. The summed E-state index contributed by atoms with van der Waals surface area (Å²) < 4.78 is 0. The van der Waals surface area contributed by atoms with Crippen LogP contribution in [0.3, 0.4) is 0 Å². The minimum absolute atomic E-state index is 0.288. The summed E-state index contributed by atoms with van der Waals surface area (Å²) in [4.78, 5) is 14.1. The molecular formula is C13H13B3ClNO. The van der Waals surface area contributed by atoms with Crippen LogP contribution in [0.1, 0.15) is 24.8 Å². The van der Waals surface area contributed by atoms with Crippen LogP contribution in [0, 0.1) is 0 Å². The fourth-order valence-corrected chi connectivity index (χ4v) is 3.12. The lowest BCUT2D eigenvalue weighted by atomic mass is 9.43. The van der Waals surface area contributed by atoms with Gasteiger partial charge in [-0.1, -0.05) is 42.6 Å². The molecule has 0 heterocycles. The van der Waals surface area contributed by atoms with Crippen LogP contribution in [0.15, 0.2) is 24.3 Å². The fraction of sp³-hybridized carbons (Fsp3) is 0.462. The van der Waals surface area contributed by atoms with Gasteiger partial charge in [-0.15, -0.1) is 0 Å². The van der Waals surface area contributed by atoms with Gasteiger partial charge in [-0.05, 0) is 30.3 Å². The molecule has 0 N–H and O–H groups in total. The maximum absolute atomic E-state index is 12.7. The normalized spacial score (nSPS) is 26.6. The first kappa shape index (κ1) is 14.7. The lowest BCUT2D eigenvalue weighted by Gasteiger charge is -2.49. The summed E-state index contributed by atoms with van der Waals surface area (Å²) in [6, 6.07) is 7.16. The second kappa shape index (κ2) is 5.03. The van der Waals surface area contributed by atoms with E-state index in [1.807, 2.05) is 12.1 Å². The van der Waals surface area contributed by atoms with Crippen molar-refractivity contribution in [3.05, 3.63) is 34.9 Å². The Kier molecular flexibility index (Phi) is 3.90. The minimum atomic E-state index is -1.37. The van der Waals surface area contributed by atoms with Crippen LogP contribution < -0.4 is 0 Å². The van der Waals surface area contributed by atoms with Crippen LogP contribution in [0.2, 0.25) is 10.2 Å². The Morgan fingerprint density at radius 3 is 2.47 bits per heavy atom. The van der Waals surface area contributed by atoms with Crippen LogP contribution in [-0.4, -0.2) is 41.3 Å². The number of carbonyl (C=O) groups excluding carboxylic acids is 1. The first-order valence-electron chi connectivity index (χ1n) is 6.18. The number of rotatable bonds is 2. The lowest BCUT2D eigenvalue weighted by molar-refractivity contribution is -0.132. The molecule has 1 aliphatic rings. The van der Waals surface area contributed by atoms with E-state index in [0.717, 1.165) is 0 Å². The second-order valence-electron chi connectivity index (χ2n) is 5.17. The molecule has 0 aliphatic heterocycles. The van der Waals surface area contributed by atoms with Crippen molar-refractivity contribution in [2.24, 2.45) is 0 Å². The number of Topliss-reactive ketones (excluding diaryl/α,β-unsaturated/α-hetero) is 1. The van der Waals surface area contributed by atoms with Crippen LogP contribution in [-0.2, 0) is 10.3 Å². The Morgan fingerprint density at radius 2 is 1.89 bits per heavy atom. The zero-order chi connectivity index (χ0) is 14.3. The highest BCUT2D eigenvalue weighted by molar-refractivity contribution is 6.52. The van der Waals surface area contributed by atoms with E-state index in [4.69, 9.17) is 35.3 Å². The van der Waals surface area contributed by atoms with Crippen molar-refractivity contribution in [2.75, 3.05) is 7.05 Å². The van der Waals surface area contributed by atoms with Gasteiger partial charge in [-0.2, -0.15) is 0 Å². The van der Waals surface area contributed by atoms with Gasteiger partial charge < -0.3 is 4.81 Å². The SMILES string of the molecule is [B]N(C)[C@@]1(c2ccccc2Cl)CCCC([B])([B])C1=O. The molecule has 2 rings (SSSR count). The molecule has 1 aliphatic carbocycles. The number of ketones is 1. The molecule has 6 heteroatoms. The van der Waals surface area contributed by atoms with Gasteiger partial charge >= 0.3 is 0 Å². The van der Waals surface area contributed by atoms with Crippen molar-refractivity contribution < 1.29 is 4.79 Å². The molecule has 0 saturated heterocycles. The monoisotopic (exact) mass is 267 g/mol. The van der Waals surface area contributed by atoms with Crippen LogP contribution >= 0.6 is 11.6 Å². The average Bonchev–Trinajstić information content (AvgIpc) is 2.33. The van der Waals surface area contributed by atoms with E-state index in [0.29, 0.717) is 29.8 Å². The smallest absolute Gasteiger partial charge is 0.183 e. The van der Waals surface area contributed by atoms with Gasteiger partial charge in [-0.25, -0.2) is 0 Å². The summed E-state index contributed by atoms with van der Waals surface area (Å²) in [6.45, 7) is 0. The number of benzene rings is 1. The molecule has 1 saturated carbocycles. The van der Waals surface area contributed by atoms with Crippen molar-refractivity contribution in [3.63, 3.8) is 0 Å². The Balaban J connectivity index is 2.62. The molecule has 1 aromatic rings. The predicted octanol–water partition coefficient (Wildman–Crippen LogP) is 1.76. The summed E-state index contributed by atoms with van der Waals surface area (Å²) in [7, 11) is 19.4. The molecule has 0 unspecified atom stereocenters. The predicted molar refractivity (Wildman–Crippen MR) is 79.7 cm³/mol. The zero-order valence-corrected chi connectivity index (χ0v) is 11.7. The summed E-state index contributed by atoms with van der Waals surface area (Å²) in [5.74, 6) is -0.288. The van der Waals surface area contributed by atoms with E-state index < -0.39 is 10.8 Å². The lowest BCUT2D eigenvalue weighted by Crippen LogP contribution is -2.56. The van der Waals surface area contributed by atoms with E-state index in [1.165, 1.54) is 4.81 Å². The van der Waals surface area contributed by atoms with Gasteiger partial charge in [0.05, 0.1) is 21.2 Å². The van der Waals surface area contributed by atoms with Gasteiger partial charge in [0.15, 0.2) is 7.98 Å². The van der Waals surface area contributed by atoms with E-state index in [1.54, 1.807) is 19.2 Å². The maximum atomic E-state index is 12.7. The molecule has 6 radical (unpaired) electrons.